The van der Waals surface area contributed by atoms with Crippen molar-refractivity contribution in [1.82, 2.24) is 0 Å². The van der Waals surface area contributed by atoms with Crippen LogP contribution in [-0.4, -0.2) is 12.1 Å². The summed E-state index contributed by atoms with van der Waals surface area (Å²) < 4.78 is 37.7. The van der Waals surface area contributed by atoms with Crippen LogP contribution in [0.2, 0.25) is 0 Å². The van der Waals surface area contributed by atoms with Crippen LogP contribution in [0.1, 0.15) is 5.56 Å². The van der Waals surface area contributed by atoms with Gasteiger partial charge in [-0.15, -0.1) is 0 Å². The Morgan fingerprint density at radius 3 is 2.17 bits per heavy atom. The average Bonchev–Trinajstić information content (AvgIpc) is 2.29. The van der Waals surface area contributed by atoms with Gasteiger partial charge in [0.05, 0.1) is 0 Å². The fourth-order valence-corrected chi connectivity index (χ4v) is 1.40. The molecule has 0 aliphatic carbocycles. The summed E-state index contributed by atoms with van der Waals surface area (Å²) in [6, 6.07) is 7.69. The van der Waals surface area contributed by atoms with Gasteiger partial charge in [0.25, 0.3) is 0 Å². The molecule has 18 heavy (non-hydrogen) atoms. The lowest BCUT2D eigenvalue weighted by molar-refractivity contribution is -0.113. The van der Waals surface area contributed by atoms with Crippen LogP contribution in [-0.2, 0) is 4.79 Å². The fraction of sp³-hybridized carbons (Fsp3) is 0.0833. The summed E-state index contributed by atoms with van der Waals surface area (Å²) in [5, 5.41) is -1.30. The highest BCUT2D eigenvalue weighted by molar-refractivity contribution is 6.34. The van der Waals surface area contributed by atoms with Crippen LogP contribution in [0.5, 0.6) is 0 Å². The first-order chi connectivity index (χ1) is 8.32. The number of allylic oxidation sites excluding steroid dienone is 3. The third-order valence-corrected chi connectivity index (χ3v) is 2.40. The van der Waals surface area contributed by atoms with E-state index in [2.05, 4.69) is 0 Å². The van der Waals surface area contributed by atoms with Gasteiger partial charge in [0.2, 0.25) is 5.91 Å². The molecule has 0 saturated heterocycles. The number of hydrogen-bond donors (Lipinski definition) is 1. The Kier molecular flexibility index (Phi) is 4.55. The van der Waals surface area contributed by atoms with Crippen LogP contribution < -0.4 is 5.73 Å². The highest BCUT2D eigenvalue weighted by atomic mass is 35.5. The van der Waals surface area contributed by atoms with Crippen molar-refractivity contribution in [2.75, 3.05) is 0 Å². The number of carbonyl (C=O) groups is 1. The molecule has 1 aromatic rings. The molecule has 0 radical (unpaired) electrons. The van der Waals surface area contributed by atoms with Crippen LogP contribution in [0.4, 0.5) is 13.2 Å². The van der Waals surface area contributed by atoms with Gasteiger partial charge in [-0.25, -0.2) is 0 Å². The van der Waals surface area contributed by atoms with Crippen LogP contribution in [0.25, 0.3) is 5.57 Å². The van der Waals surface area contributed by atoms with Crippen molar-refractivity contribution < 1.29 is 18.0 Å². The summed E-state index contributed by atoms with van der Waals surface area (Å²) in [5.41, 5.74) is 4.80. The Labute approximate surface area is 107 Å². The summed E-state index contributed by atoms with van der Waals surface area (Å²) in [6.45, 7) is 0. The largest absolute Gasteiger partial charge is 0.427 e. The van der Waals surface area contributed by atoms with Gasteiger partial charge in [0.15, 0.2) is 0 Å². The van der Waals surface area contributed by atoms with Gasteiger partial charge in [-0.1, -0.05) is 41.9 Å². The van der Waals surface area contributed by atoms with Crippen molar-refractivity contribution in [2.45, 2.75) is 6.18 Å². The summed E-state index contributed by atoms with van der Waals surface area (Å²) in [5.74, 6) is -0.852. The fourth-order valence-electron chi connectivity index (χ4n) is 1.23. The molecular formula is C12H9ClF3NO. The lowest BCUT2D eigenvalue weighted by Crippen LogP contribution is -2.10. The zero-order valence-electron chi connectivity index (χ0n) is 9.04. The van der Waals surface area contributed by atoms with Gasteiger partial charge in [-0.2, -0.15) is 13.2 Å². The number of hydrogen-bond acceptors (Lipinski definition) is 1. The molecule has 0 bridgehead atoms. The Morgan fingerprint density at radius 2 is 1.72 bits per heavy atom. The summed E-state index contributed by atoms with van der Waals surface area (Å²) in [4.78, 5) is 10.6. The molecule has 0 aliphatic heterocycles. The normalized spacial score (nSPS) is 13.6. The van der Waals surface area contributed by atoms with Gasteiger partial charge < -0.3 is 5.73 Å². The van der Waals surface area contributed by atoms with Gasteiger partial charge in [-0.05, 0) is 11.6 Å². The van der Waals surface area contributed by atoms with Gasteiger partial charge in [0, 0.05) is 11.6 Å². The van der Waals surface area contributed by atoms with E-state index in [4.69, 9.17) is 17.3 Å². The third kappa shape index (κ3) is 3.92. The average molecular weight is 276 g/mol. The lowest BCUT2D eigenvalue weighted by Gasteiger charge is -2.10. The van der Waals surface area contributed by atoms with E-state index >= 15 is 0 Å². The molecule has 0 aliphatic rings. The minimum Gasteiger partial charge on any atom is -0.366 e. The zero-order chi connectivity index (χ0) is 13.8. The first kappa shape index (κ1) is 14.3. The Hall–Kier alpha value is -1.75. The molecule has 96 valence electrons. The maximum absolute atomic E-state index is 12.6. The quantitative estimate of drug-likeness (QED) is 0.668. The minimum absolute atomic E-state index is 0.248. The first-order valence-electron chi connectivity index (χ1n) is 4.82. The maximum Gasteiger partial charge on any atom is 0.427 e. The number of rotatable bonds is 3. The molecular weight excluding hydrogens is 267 g/mol. The highest BCUT2D eigenvalue weighted by Crippen LogP contribution is 2.35. The Morgan fingerprint density at radius 1 is 1.17 bits per heavy atom. The molecule has 0 spiro atoms. The molecule has 2 N–H and O–H groups in total. The van der Waals surface area contributed by atoms with Crippen molar-refractivity contribution in [3.8, 4) is 0 Å². The molecule has 0 unspecified atom stereocenters. The first-order valence-corrected chi connectivity index (χ1v) is 5.20. The topological polar surface area (TPSA) is 43.1 Å². The molecule has 0 aromatic heterocycles. The molecule has 6 heteroatoms. The maximum atomic E-state index is 12.6. The molecule has 0 saturated carbocycles. The van der Waals surface area contributed by atoms with E-state index in [1.165, 1.54) is 12.1 Å². The summed E-state index contributed by atoms with van der Waals surface area (Å²) in [6.07, 6.45) is -2.90. The molecule has 1 rings (SSSR count). The molecule has 0 fully saturated rings. The number of halogens is 4. The number of benzene rings is 1. The monoisotopic (exact) mass is 275 g/mol. The smallest absolute Gasteiger partial charge is 0.366 e. The van der Waals surface area contributed by atoms with E-state index < -0.39 is 17.1 Å². The number of nitrogens with two attached hydrogens (primary N) is 1. The third-order valence-electron chi connectivity index (χ3n) is 1.98. The van der Waals surface area contributed by atoms with Crippen molar-refractivity contribution in [3.05, 3.63) is 53.1 Å². The lowest BCUT2D eigenvalue weighted by atomic mass is 10.0. The van der Waals surface area contributed by atoms with E-state index in [9.17, 15) is 18.0 Å². The second-order valence-electron chi connectivity index (χ2n) is 3.33. The number of primary amides is 1. The summed E-state index contributed by atoms with van der Waals surface area (Å²) in [7, 11) is 0. The van der Waals surface area contributed by atoms with E-state index in [0.717, 1.165) is 12.2 Å². The Balaban J connectivity index is 3.33. The number of carbonyl (C=O) groups excluding carboxylic acids is 1. The van der Waals surface area contributed by atoms with Crippen molar-refractivity contribution in [2.24, 2.45) is 5.73 Å². The van der Waals surface area contributed by atoms with Crippen molar-refractivity contribution >= 4 is 23.1 Å². The highest BCUT2D eigenvalue weighted by Gasteiger charge is 2.34. The molecule has 1 amide bonds. The Bertz CT molecular complexity index is 492. The second-order valence-corrected chi connectivity index (χ2v) is 3.71. The zero-order valence-corrected chi connectivity index (χ0v) is 9.79. The van der Waals surface area contributed by atoms with Crippen molar-refractivity contribution in [1.29, 1.82) is 0 Å². The predicted octanol–water partition coefficient (Wildman–Crippen LogP) is 3.24. The molecule has 0 atom stereocenters. The van der Waals surface area contributed by atoms with Crippen LogP contribution >= 0.6 is 11.6 Å². The number of alkyl halides is 3. The van der Waals surface area contributed by atoms with Crippen LogP contribution in [0, 0.1) is 0 Å². The standard InChI is InChI=1S/C12H9ClF3NO/c13-11(12(14,15)16)9(6-7-10(17)18)8-4-2-1-3-5-8/h1-7H,(H2,17,18)/b7-6+,11-9-. The number of amides is 1. The van der Waals surface area contributed by atoms with E-state index in [0.29, 0.717) is 0 Å². The SMILES string of the molecule is NC(=O)/C=C/C(=C(/Cl)C(F)(F)F)c1ccccc1. The van der Waals surface area contributed by atoms with Gasteiger partial charge in [-0.3, -0.25) is 4.79 Å². The van der Waals surface area contributed by atoms with E-state index in [1.54, 1.807) is 18.2 Å². The van der Waals surface area contributed by atoms with Gasteiger partial charge >= 0.3 is 6.18 Å². The minimum atomic E-state index is -4.69. The second kappa shape index (κ2) is 5.73. The molecule has 0 heterocycles. The van der Waals surface area contributed by atoms with Crippen LogP contribution in [0.3, 0.4) is 0 Å². The van der Waals surface area contributed by atoms with Crippen LogP contribution in [0.15, 0.2) is 47.5 Å². The predicted molar refractivity (Wildman–Crippen MR) is 63.6 cm³/mol. The summed E-state index contributed by atoms with van der Waals surface area (Å²) >= 11 is 5.29. The molecule has 1 aromatic carbocycles. The van der Waals surface area contributed by atoms with E-state index in [1.807, 2.05) is 0 Å². The van der Waals surface area contributed by atoms with Gasteiger partial charge in [0.1, 0.15) is 5.03 Å². The molecule has 2 nitrogen and oxygen atoms in total. The van der Waals surface area contributed by atoms with Crippen molar-refractivity contribution in [3.63, 3.8) is 0 Å². The van der Waals surface area contributed by atoms with E-state index in [-0.39, 0.29) is 11.1 Å².